The van der Waals surface area contributed by atoms with Crippen LogP contribution >= 0.6 is 23.4 Å². The molecule has 134 valence electrons. The van der Waals surface area contributed by atoms with Crippen LogP contribution in [0, 0.1) is 0 Å². The first-order valence-corrected chi connectivity index (χ1v) is 8.45. The monoisotopic (exact) mass is 389 g/mol. The molecule has 0 saturated carbocycles. The lowest BCUT2D eigenvalue weighted by Gasteiger charge is -2.15. The number of methoxy groups -OCH3 is 1. The normalized spacial score (nSPS) is 12.6. The van der Waals surface area contributed by atoms with Crippen LogP contribution in [0.2, 0.25) is 5.02 Å². The number of rotatable bonds is 5. The zero-order chi connectivity index (χ0) is 18.6. The Morgan fingerprint density at radius 1 is 1.24 bits per heavy atom. The molecule has 2 rings (SSSR count). The van der Waals surface area contributed by atoms with E-state index in [4.69, 9.17) is 16.3 Å². The number of amides is 1. The third-order valence-corrected chi connectivity index (χ3v) is 4.71. The molecule has 0 fully saturated rings. The zero-order valence-electron chi connectivity index (χ0n) is 13.4. The van der Waals surface area contributed by atoms with Crippen molar-refractivity contribution in [3.8, 4) is 5.75 Å². The summed E-state index contributed by atoms with van der Waals surface area (Å²) >= 11 is 6.61. The maximum atomic E-state index is 12.9. The molecular weight excluding hydrogens is 375 g/mol. The highest BCUT2D eigenvalue weighted by Gasteiger charge is 2.33. The topological polar surface area (TPSA) is 38.3 Å². The van der Waals surface area contributed by atoms with Crippen LogP contribution in [-0.4, -0.2) is 18.3 Å². The van der Waals surface area contributed by atoms with E-state index < -0.39 is 17.0 Å². The minimum absolute atomic E-state index is 0.305. The van der Waals surface area contributed by atoms with E-state index in [-0.39, 0.29) is 10.9 Å². The van der Waals surface area contributed by atoms with Crippen LogP contribution in [0.15, 0.2) is 47.4 Å². The van der Waals surface area contributed by atoms with Gasteiger partial charge < -0.3 is 10.1 Å². The largest absolute Gasteiger partial charge is 0.495 e. The molecule has 25 heavy (non-hydrogen) atoms. The summed E-state index contributed by atoms with van der Waals surface area (Å²) in [4.78, 5) is 12.6. The van der Waals surface area contributed by atoms with Crippen molar-refractivity contribution in [2.45, 2.75) is 23.2 Å². The number of ether oxygens (including phenoxy) is 1. The molecule has 0 spiro atoms. The van der Waals surface area contributed by atoms with E-state index >= 15 is 0 Å². The molecule has 2 aromatic carbocycles. The fourth-order valence-electron chi connectivity index (χ4n) is 2.03. The van der Waals surface area contributed by atoms with Gasteiger partial charge >= 0.3 is 6.18 Å². The summed E-state index contributed by atoms with van der Waals surface area (Å²) in [5.74, 6) is 0.150. The van der Waals surface area contributed by atoms with Crippen molar-refractivity contribution in [2.75, 3.05) is 12.4 Å². The lowest BCUT2D eigenvalue weighted by Crippen LogP contribution is -2.22. The second-order valence-corrected chi connectivity index (χ2v) is 6.91. The first-order valence-electron chi connectivity index (χ1n) is 7.19. The van der Waals surface area contributed by atoms with Gasteiger partial charge in [0.1, 0.15) is 5.75 Å². The Morgan fingerprint density at radius 2 is 1.92 bits per heavy atom. The third-order valence-electron chi connectivity index (χ3n) is 3.29. The number of hydrogen-bond donors (Lipinski definition) is 1. The number of thioether (sulfide) groups is 1. The predicted molar refractivity (Wildman–Crippen MR) is 93.4 cm³/mol. The molecule has 2 aromatic rings. The predicted octanol–water partition coefficient (Wildman–Crippen LogP) is 5.49. The minimum atomic E-state index is -4.55. The summed E-state index contributed by atoms with van der Waals surface area (Å²) in [5, 5.41) is 1.71. The smallest absolute Gasteiger partial charge is 0.417 e. The summed E-state index contributed by atoms with van der Waals surface area (Å²) in [6.07, 6.45) is -4.55. The van der Waals surface area contributed by atoms with Crippen molar-refractivity contribution in [3.63, 3.8) is 0 Å². The SMILES string of the molecule is COc1ccccc1NC(=O)[C@@H](C)Sc1ccc(Cl)c(C(F)(F)F)c1. The Kier molecular flexibility index (Phi) is 6.24. The minimum Gasteiger partial charge on any atom is -0.495 e. The molecule has 1 atom stereocenters. The summed E-state index contributed by atoms with van der Waals surface area (Å²) in [7, 11) is 1.48. The molecule has 0 aromatic heterocycles. The van der Waals surface area contributed by atoms with Gasteiger partial charge in [-0.2, -0.15) is 13.2 Å². The van der Waals surface area contributed by atoms with Crippen LogP contribution < -0.4 is 10.1 Å². The number of carbonyl (C=O) groups is 1. The highest BCUT2D eigenvalue weighted by atomic mass is 35.5. The van der Waals surface area contributed by atoms with Crippen LogP contribution in [-0.2, 0) is 11.0 Å². The number of hydrogen-bond acceptors (Lipinski definition) is 3. The van der Waals surface area contributed by atoms with E-state index in [0.717, 1.165) is 17.8 Å². The highest BCUT2D eigenvalue weighted by Crippen LogP contribution is 2.38. The molecule has 8 heteroatoms. The summed E-state index contributed by atoms with van der Waals surface area (Å²) in [6.45, 7) is 1.61. The van der Waals surface area contributed by atoms with Gasteiger partial charge in [-0.25, -0.2) is 0 Å². The summed E-state index contributed by atoms with van der Waals surface area (Å²) in [5.41, 5.74) is -0.425. The van der Waals surface area contributed by atoms with Crippen molar-refractivity contribution in [2.24, 2.45) is 0 Å². The average molecular weight is 390 g/mol. The number of anilines is 1. The third kappa shape index (κ3) is 5.06. The van der Waals surface area contributed by atoms with Gasteiger partial charge in [0.05, 0.1) is 28.6 Å². The molecule has 0 radical (unpaired) electrons. The molecule has 0 aliphatic rings. The van der Waals surface area contributed by atoms with Crippen LogP contribution in [0.25, 0.3) is 0 Å². The van der Waals surface area contributed by atoms with Gasteiger partial charge in [-0.1, -0.05) is 23.7 Å². The zero-order valence-corrected chi connectivity index (χ0v) is 14.9. The molecule has 0 aliphatic carbocycles. The first kappa shape index (κ1) is 19.5. The van der Waals surface area contributed by atoms with Gasteiger partial charge in [0, 0.05) is 4.90 Å². The number of nitrogens with one attached hydrogen (secondary N) is 1. The molecule has 1 amide bonds. The van der Waals surface area contributed by atoms with Crippen molar-refractivity contribution < 1.29 is 22.7 Å². The van der Waals surface area contributed by atoms with Gasteiger partial charge in [0.25, 0.3) is 0 Å². The molecule has 0 saturated heterocycles. The number of para-hydroxylation sites is 2. The lowest BCUT2D eigenvalue weighted by atomic mass is 10.2. The van der Waals surface area contributed by atoms with Crippen LogP contribution in [0.1, 0.15) is 12.5 Å². The van der Waals surface area contributed by atoms with E-state index in [1.165, 1.54) is 19.2 Å². The molecular formula is C17H15ClF3NO2S. The van der Waals surface area contributed by atoms with Crippen molar-refractivity contribution in [1.82, 2.24) is 0 Å². The van der Waals surface area contributed by atoms with Crippen LogP contribution in [0.3, 0.4) is 0 Å². The number of alkyl halides is 3. The molecule has 0 unspecified atom stereocenters. The fourth-order valence-corrected chi connectivity index (χ4v) is 3.17. The maximum Gasteiger partial charge on any atom is 0.417 e. The van der Waals surface area contributed by atoms with Crippen molar-refractivity contribution in [1.29, 1.82) is 0 Å². The molecule has 3 nitrogen and oxygen atoms in total. The quantitative estimate of drug-likeness (QED) is 0.687. The van der Waals surface area contributed by atoms with E-state index in [1.807, 2.05) is 0 Å². The van der Waals surface area contributed by atoms with Crippen molar-refractivity contribution >= 4 is 35.0 Å². The average Bonchev–Trinajstić information content (AvgIpc) is 2.56. The lowest BCUT2D eigenvalue weighted by molar-refractivity contribution is -0.137. The standard InChI is InChI=1S/C17H15ClF3NO2S/c1-10(16(23)22-14-5-3-4-6-15(14)24-2)25-11-7-8-13(18)12(9-11)17(19,20)21/h3-10H,1-2H3,(H,22,23)/t10-/m1/s1. The number of carbonyl (C=O) groups excluding carboxylic acids is 1. The Labute approximate surface area is 152 Å². The molecule has 1 N–H and O–H groups in total. The van der Waals surface area contributed by atoms with Crippen LogP contribution in [0.4, 0.5) is 18.9 Å². The molecule has 0 aliphatic heterocycles. The maximum absolute atomic E-state index is 12.9. The second kappa shape index (κ2) is 8.01. The highest BCUT2D eigenvalue weighted by molar-refractivity contribution is 8.00. The van der Waals surface area contributed by atoms with E-state index in [0.29, 0.717) is 16.3 Å². The van der Waals surface area contributed by atoms with Crippen LogP contribution in [0.5, 0.6) is 5.75 Å². The fraction of sp³-hybridized carbons (Fsp3) is 0.235. The summed E-state index contributed by atoms with van der Waals surface area (Å²) in [6, 6.07) is 10.5. The van der Waals surface area contributed by atoms with E-state index in [9.17, 15) is 18.0 Å². The second-order valence-electron chi connectivity index (χ2n) is 5.09. The Morgan fingerprint density at radius 3 is 2.56 bits per heavy atom. The number of benzene rings is 2. The Balaban J connectivity index is 2.11. The van der Waals surface area contributed by atoms with E-state index in [1.54, 1.807) is 31.2 Å². The van der Waals surface area contributed by atoms with Gasteiger partial charge in [0.2, 0.25) is 5.91 Å². The number of halogens is 4. The van der Waals surface area contributed by atoms with Gasteiger partial charge in [-0.15, -0.1) is 11.8 Å². The van der Waals surface area contributed by atoms with Gasteiger partial charge in [0.15, 0.2) is 0 Å². The van der Waals surface area contributed by atoms with E-state index in [2.05, 4.69) is 5.32 Å². The summed E-state index contributed by atoms with van der Waals surface area (Å²) < 4.78 is 43.9. The van der Waals surface area contributed by atoms with Crippen molar-refractivity contribution in [3.05, 3.63) is 53.1 Å². The molecule has 0 heterocycles. The molecule has 0 bridgehead atoms. The van der Waals surface area contributed by atoms with Gasteiger partial charge in [-0.3, -0.25) is 4.79 Å². The van der Waals surface area contributed by atoms with Gasteiger partial charge in [-0.05, 0) is 37.3 Å². The Hall–Kier alpha value is -1.86. The first-order chi connectivity index (χ1) is 11.7. The Bertz CT molecular complexity index is 768.